The van der Waals surface area contributed by atoms with Crippen LogP contribution >= 0.6 is 0 Å². The molecular formula is C42H34F20O. The van der Waals surface area contributed by atoms with Crippen LogP contribution in [0.2, 0.25) is 0 Å². The third-order valence-corrected chi connectivity index (χ3v) is 10.1. The van der Waals surface area contributed by atoms with Crippen molar-refractivity contribution in [3.8, 4) is 11.5 Å². The molecule has 0 atom stereocenters. The van der Waals surface area contributed by atoms with Crippen molar-refractivity contribution in [1.82, 2.24) is 0 Å². The largest absolute Gasteiger partial charge is 0.457 e. The summed E-state index contributed by atoms with van der Waals surface area (Å²) in [5.41, 5.74) is -7.56. The predicted molar refractivity (Wildman–Crippen MR) is 188 cm³/mol. The number of unbranched alkanes of at least 4 members (excludes halogenated alkanes) is 2. The number of hydrogen-bond donors (Lipinski definition) is 0. The molecule has 0 heterocycles. The molecule has 0 bridgehead atoms. The first-order valence-electron chi connectivity index (χ1n) is 18.6. The summed E-state index contributed by atoms with van der Waals surface area (Å²) >= 11 is 0. The number of halogens is 20. The molecule has 0 fully saturated rings. The summed E-state index contributed by atoms with van der Waals surface area (Å²) < 4.78 is 301. The Bertz CT molecular complexity index is 1980. The highest BCUT2D eigenvalue weighted by Crippen LogP contribution is 2.63. The van der Waals surface area contributed by atoms with E-state index in [9.17, 15) is 87.8 Å². The monoisotopic (exact) mass is 934 g/mol. The molecule has 4 aromatic carbocycles. The van der Waals surface area contributed by atoms with E-state index in [-0.39, 0.29) is 96.8 Å². The van der Waals surface area contributed by atoms with E-state index in [1.165, 1.54) is 0 Å². The molecule has 0 spiro atoms. The molecule has 0 saturated heterocycles. The fraction of sp³-hybridized carbons (Fsp3) is 0.429. The van der Waals surface area contributed by atoms with Gasteiger partial charge in [0, 0.05) is 22.3 Å². The van der Waals surface area contributed by atoms with E-state index < -0.39 is 93.0 Å². The number of hydrogen-bond acceptors (Lipinski definition) is 1. The van der Waals surface area contributed by atoms with Crippen molar-refractivity contribution in [3.63, 3.8) is 0 Å². The van der Waals surface area contributed by atoms with E-state index in [1.807, 2.05) is 0 Å². The van der Waals surface area contributed by atoms with Crippen LogP contribution in [0, 0.1) is 0 Å². The van der Waals surface area contributed by atoms with Crippen molar-refractivity contribution in [1.29, 1.82) is 0 Å². The maximum absolute atomic E-state index is 15.0. The van der Waals surface area contributed by atoms with Crippen LogP contribution < -0.4 is 4.74 Å². The minimum Gasteiger partial charge on any atom is -0.457 e. The van der Waals surface area contributed by atoms with Crippen molar-refractivity contribution in [3.05, 3.63) is 130 Å². The third-order valence-electron chi connectivity index (χ3n) is 10.1. The SMILES string of the molecule is CCCCc1ccc(C(F)(F)C(F)(F)C(F)(F)C(F)(F)C(F)(F)c2ccc(Oc3ccc(C(F)(F)C(F)(F)C(F)(F)C(F)(F)C(F)(F)c4ccc(CCCC)cc4)cc3)cc2)cc1. The lowest BCUT2D eigenvalue weighted by Gasteiger charge is -2.39. The third kappa shape index (κ3) is 8.53. The van der Waals surface area contributed by atoms with Crippen LogP contribution in [0.3, 0.4) is 0 Å². The smallest absolute Gasteiger partial charge is 0.385 e. The average molecular weight is 935 g/mol. The van der Waals surface area contributed by atoms with Gasteiger partial charge in [-0.05, 0) is 85.3 Å². The highest BCUT2D eigenvalue weighted by Gasteiger charge is 2.88. The van der Waals surface area contributed by atoms with Crippen molar-refractivity contribution >= 4 is 0 Å². The molecule has 0 amide bonds. The molecule has 0 aliphatic rings. The van der Waals surface area contributed by atoms with Gasteiger partial charge in [-0.2, -0.15) is 87.8 Å². The number of rotatable bonds is 20. The van der Waals surface area contributed by atoms with Crippen LogP contribution in [0.15, 0.2) is 97.1 Å². The second-order valence-electron chi connectivity index (χ2n) is 14.5. The summed E-state index contributed by atoms with van der Waals surface area (Å²) in [5.74, 6) is -70.2. The minimum atomic E-state index is -7.45. The van der Waals surface area contributed by atoms with Crippen LogP contribution in [-0.2, 0) is 36.5 Å². The zero-order chi connectivity index (χ0) is 47.9. The average Bonchev–Trinajstić information content (AvgIpc) is 3.22. The number of ether oxygens (including phenoxy) is 1. The van der Waals surface area contributed by atoms with Crippen molar-refractivity contribution in [2.75, 3.05) is 0 Å². The molecule has 0 aliphatic carbocycles. The molecule has 0 N–H and O–H groups in total. The first-order chi connectivity index (χ1) is 28.7. The van der Waals surface area contributed by atoms with Gasteiger partial charge in [0.15, 0.2) is 0 Å². The Labute approximate surface area is 346 Å². The topological polar surface area (TPSA) is 9.23 Å². The molecule has 1 nitrogen and oxygen atoms in total. The number of aryl methyl sites for hydroxylation is 2. The lowest BCUT2D eigenvalue weighted by atomic mass is 9.88. The summed E-state index contributed by atoms with van der Waals surface area (Å²) in [4.78, 5) is 0. The van der Waals surface area contributed by atoms with E-state index in [4.69, 9.17) is 4.74 Å². The quantitative estimate of drug-likeness (QED) is 0.0803. The molecule has 63 heavy (non-hydrogen) atoms. The van der Waals surface area contributed by atoms with Crippen molar-refractivity contribution < 1.29 is 92.5 Å². The van der Waals surface area contributed by atoms with Crippen molar-refractivity contribution in [2.24, 2.45) is 0 Å². The van der Waals surface area contributed by atoms with Gasteiger partial charge in [-0.3, -0.25) is 0 Å². The molecule has 0 unspecified atom stereocenters. The van der Waals surface area contributed by atoms with Crippen molar-refractivity contribution in [2.45, 2.75) is 112 Å². The Morgan fingerprint density at radius 3 is 0.714 bits per heavy atom. The number of benzene rings is 4. The molecule has 0 aliphatic heterocycles. The van der Waals surface area contributed by atoms with Gasteiger partial charge in [0.05, 0.1) is 0 Å². The van der Waals surface area contributed by atoms with Gasteiger partial charge >= 0.3 is 59.2 Å². The summed E-state index contributed by atoms with van der Waals surface area (Å²) in [6, 6.07) is 4.81. The molecular weight excluding hydrogens is 900 g/mol. The summed E-state index contributed by atoms with van der Waals surface area (Å²) in [7, 11) is 0. The van der Waals surface area contributed by atoms with Crippen LogP contribution in [-0.4, -0.2) is 35.5 Å². The second kappa shape index (κ2) is 17.3. The molecule has 0 radical (unpaired) electrons. The molecule has 4 aromatic rings. The molecule has 0 aromatic heterocycles. The highest BCUT2D eigenvalue weighted by atomic mass is 19.4. The lowest BCUT2D eigenvalue weighted by molar-refractivity contribution is -0.407. The molecule has 348 valence electrons. The van der Waals surface area contributed by atoms with Crippen LogP contribution in [0.5, 0.6) is 11.5 Å². The summed E-state index contributed by atoms with van der Waals surface area (Å²) in [6.07, 6.45) is 2.71. The van der Waals surface area contributed by atoms with E-state index in [1.54, 1.807) is 13.8 Å². The maximum atomic E-state index is 15.0. The van der Waals surface area contributed by atoms with Crippen LogP contribution in [0.4, 0.5) is 87.8 Å². The Kier molecular flexibility index (Phi) is 14.0. The molecule has 21 heteroatoms. The first-order valence-corrected chi connectivity index (χ1v) is 18.6. The Balaban J connectivity index is 1.53. The Hall–Kier alpha value is -4.72. The normalized spacial score (nSPS) is 14.3. The first kappa shape index (κ1) is 50.9. The summed E-state index contributed by atoms with van der Waals surface area (Å²) in [5, 5.41) is 0. The fourth-order valence-electron chi connectivity index (χ4n) is 6.03. The van der Waals surface area contributed by atoms with Gasteiger partial charge in [-0.15, -0.1) is 0 Å². The van der Waals surface area contributed by atoms with Gasteiger partial charge in [-0.1, -0.05) is 75.2 Å². The van der Waals surface area contributed by atoms with E-state index in [0.29, 0.717) is 25.7 Å². The predicted octanol–water partition coefficient (Wildman–Crippen LogP) is 15.7. The lowest BCUT2D eigenvalue weighted by Crippen LogP contribution is -2.65. The standard InChI is InChI=1S/C42H34F20O/c1-3-5-7-25-9-13-27(14-10-25)33(43,44)37(51,52)41(59,60)39(55,56)35(47,48)29-17-21-31(22-18-29)63-32-23-19-30(20-24-32)36(49,50)40(57,58)42(61,62)38(53,54)34(45,46)28-15-11-26(12-16-28)8-6-4-2/h9-24H,3-8H2,1-2H3. The van der Waals surface area contributed by atoms with Crippen LogP contribution in [0.1, 0.15) is 72.9 Å². The maximum Gasteiger partial charge on any atom is 0.385 e. The van der Waals surface area contributed by atoms with Gasteiger partial charge in [0.2, 0.25) is 0 Å². The van der Waals surface area contributed by atoms with Gasteiger partial charge in [-0.25, -0.2) is 0 Å². The molecule has 4 rings (SSSR count). The molecule has 0 saturated carbocycles. The Morgan fingerprint density at radius 1 is 0.302 bits per heavy atom. The van der Waals surface area contributed by atoms with E-state index >= 15 is 0 Å². The number of alkyl halides is 20. The fourth-order valence-corrected chi connectivity index (χ4v) is 6.03. The highest BCUT2D eigenvalue weighted by molar-refractivity contribution is 5.39. The van der Waals surface area contributed by atoms with E-state index in [2.05, 4.69) is 0 Å². The minimum absolute atomic E-state index is 0.132. The summed E-state index contributed by atoms with van der Waals surface area (Å²) in [6.45, 7) is 3.49. The zero-order valence-electron chi connectivity index (χ0n) is 32.4. The Morgan fingerprint density at radius 2 is 0.508 bits per heavy atom. The van der Waals surface area contributed by atoms with Gasteiger partial charge in [0.25, 0.3) is 0 Å². The van der Waals surface area contributed by atoms with E-state index in [0.717, 1.165) is 24.3 Å². The zero-order valence-corrected chi connectivity index (χ0v) is 32.4. The van der Waals surface area contributed by atoms with Gasteiger partial charge in [0.1, 0.15) is 11.5 Å². The second-order valence-corrected chi connectivity index (χ2v) is 14.5. The van der Waals surface area contributed by atoms with Gasteiger partial charge < -0.3 is 4.74 Å². The van der Waals surface area contributed by atoms with Crippen LogP contribution in [0.25, 0.3) is 0 Å².